The molecule has 0 spiro atoms. The quantitative estimate of drug-likeness (QED) is 0.393. The predicted octanol–water partition coefficient (Wildman–Crippen LogP) is 5.29. The lowest BCUT2D eigenvalue weighted by Gasteiger charge is -2.42. The van der Waals surface area contributed by atoms with Gasteiger partial charge in [-0.1, -0.05) is 44.2 Å². The van der Waals surface area contributed by atoms with Crippen molar-refractivity contribution in [2.24, 2.45) is 5.41 Å². The molecule has 6 nitrogen and oxygen atoms in total. The Morgan fingerprint density at radius 2 is 1.79 bits per heavy atom. The van der Waals surface area contributed by atoms with Crippen molar-refractivity contribution in [3.05, 3.63) is 83.7 Å². The number of anilines is 2. The van der Waals surface area contributed by atoms with Crippen LogP contribution in [-0.4, -0.2) is 14.4 Å². The molecule has 0 bridgehead atoms. The Morgan fingerprint density at radius 3 is 2.52 bits per heavy atom. The molecule has 33 heavy (non-hydrogen) atoms. The number of carbonyl (C=O) groups is 1. The summed E-state index contributed by atoms with van der Waals surface area (Å²) in [6, 6.07) is 17.6. The van der Waals surface area contributed by atoms with Gasteiger partial charge in [-0.05, 0) is 59.4 Å². The molecule has 1 heterocycles. The number of para-hydroxylation sites is 1. The fraction of sp³-hybridized carbons (Fsp3) is 0.240. The summed E-state index contributed by atoms with van der Waals surface area (Å²) in [5.74, 6) is -0.710. The van der Waals surface area contributed by atoms with Gasteiger partial charge in [0.1, 0.15) is 16.5 Å². The minimum Gasteiger partial charge on any atom is -0.427 e. The zero-order valence-electron chi connectivity index (χ0n) is 18.6. The lowest BCUT2D eigenvalue weighted by atomic mass is 9.72. The van der Waals surface area contributed by atoms with Crippen molar-refractivity contribution in [1.82, 2.24) is 0 Å². The molecule has 0 saturated heterocycles. The topological polar surface area (TPSA) is 84.5 Å². The van der Waals surface area contributed by atoms with Gasteiger partial charge in [-0.15, -0.1) is 0 Å². The average Bonchev–Trinajstić information content (AvgIpc) is 2.73. The van der Waals surface area contributed by atoms with Gasteiger partial charge in [0.15, 0.2) is 0 Å². The molecule has 1 aliphatic heterocycles. The highest BCUT2D eigenvalue weighted by atomic mass is 32.2. The lowest BCUT2D eigenvalue weighted by Crippen LogP contribution is -2.35. The summed E-state index contributed by atoms with van der Waals surface area (Å²) in [7, 11) is -4.12. The molecule has 0 amide bonds. The van der Waals surface area contributed by atoms with E-state index in [2.05, 4.69) is 23.9 Å². The van der Waals surface area contributed by atoms with Crippen LogP contribution in [0.25, 0.3) is 0 Å². The van der Waals surface area contributed by atoms with Crippen molar-refractivity contribution in [3.63, 3.8) is 0 Å². The minimum absolute atomic E-state index is 0.232. The molecule has 1 aliphatic rings. The van der Waals surface area contributed by atoms with Gasteiger partial charge in [0.05, 0.1) is 11.7 Å². The van der Waals surface area contributed by atoms with Crippen molar-refractivity contribution in [3.8, 4) is 5.75 Å². The fourth-order valence-electron chi connectivity index (χ4n) is 4.23. The molecule has 2 N–H and O–H groups in total. The molecule has 0 aliphatic carbocycles. The Labute approximate surface area is 192 Å². The first-order valence-corrected chi connectivity index (χ1v) is 12.0. The van der Waals surface area contributed by atoms with Crippen molar-refractivity contribution in [2.75, 3.05) is 10.0 Å². The number of fused-ring (bicyclic) bond motifs is 1. The summed E-state index contributed by atoms with van der Waals surface area (Å²) in [5, 5.41) is 3.51. The van der Waals surface area contributed by atoms with E-state index in [1.54, 1.807) is 18.2 Å². The van der Waals surface area contributed by atoms with Crippen LogP contribution in [0.1, 0.15) is 37.9 Å². The van der Waals surface area contributed by atoms with E-state index in [0.29, 0.717) is 17.9 Å². The Hall–Kier alpha value is -3.39. The molecule has 4 rings (SSSR count). The number of carbonyl (C=O) groups excluding carboxylic acids is 1. The second-order valence-electron chi connectivity index (χ2n) is 8.78. The molecular formula is C25H25FN2O4S. The molecule has 0 fully saturated rings. The highest BCUT2D eigenvalue weighted by Crippen LogP contribution is 2.47. The number of benzene rings is 3. The summed E-state index contributed by atoms with van der Waals surface area (Å²) >= 11 is 0. The van der Waals surface area contributed by atoms with E-state index in [-0.39, 0.29) is 17.4 Å². The Bertz CT molecular complexity index is 1320. The second kappa shape index (κ2) is 8.51. The second-order valence-corrected chi connectivity index (χ2v) is 10.4. The van der Waals surface area contributed by atoms with E-state index in [1.807, 2.05) is 24.3 Å². The molecule has 172 valence electrons. The first-order valence-electron chi connectivity index (χ1n) is 10.5. The van der Waals surface area contributed by atoms with E-state index >= 15 is 0 Å². The van der Waals surface area contributed by atoms with Gasteiger partial charge in [0.25, 0.3) is 10.0 Å². The SMILES string of the molecule is CC(=O)Oc1ccc2c(c1)CC(C)(C)C(c1ccccc1NS(=O)(=O)c1ccccc1F)N2. The zero-order valence-corrected chi connectivity index (χ0v) is 19.4. The predicted molar refractivity (Wildman–Crippen MR) is 125 cm³/mol. The van der Waals surface area contributed by atoms with Gasteiger partial charge >= 0.3 is 5.97 Å². The minimum atomic E-state index is -4.12. The highest BCUT2D eigenvalue weighted by Gasteiger charge is 2.37. The molecular weight excluding hydrogens is 443 g/mol. The Balaban J connectivity index is 1.69. The number of sulfonamides is 1. The van der Waals surface area contributed by atoms with Gasteiger partial charge in [-0.2, -0.15) is 0 Å². The van der Waals surface area contributed by atoms with Crippen LogP contribution in [0, 0.1) is 11.2 Å². The van der Waals surface area contributed by atoms with Gasteiger partial charge in [-0.3, -0.25) is 9.52 Å². The van der Waals surface area contributed by atoms with Crippen molar-refractivity contribution >= 4 is 27.4 Å². The molecule has 0 radical (unpaired) electrons. The molecule has 1 atom stereocenters. The number of nitrogens with one attached hydrogen (secondary N) is 2. The summed E-state index contributed by atoms with van der Waals surface area (Å²) < 4.78 is 47.8. The Morgan fingerprint density at radius 1 is 1.09 bits per heavy atom. The molecule has 1 unspecified atom stereocenters. The summed E-state index contributed by atoms with van der Waals surface area (Å²) in [5.41, 5.74) is 2.69. The van der Waals surface area contributed by atoms with Gasteiger partial charge in [0, 0.05) is 12.6 Å². The van der Waals surface area contributed by atoms with Crippen LogP contribution >= 0.6 is 0 Å². The summed E-state index contributed by atoms with van der Waals surface area (Å²) in [6.45, 7) is 5.51. The Kier molecular flexibility index (Phi) is 5.88. The third-order valence-electron chi connectivity index (χ3n) is 5.71. The van der Waals surface area contributed by atoms with E-state index in [9.17, 15) is 17.6 Å². The van der Waals surface area contributed by atoms with Gasteiger partial charge in [-0.25, -0.2) is 12.8 Å². The van der Waals surface area contributed by atoms with Crippen LogP contribution in [0.2, 0.25) is 0 Å². The standard InChI is InChI=1S/C25H25FN2O4S/c1-16(29)32-18-12-13-21-17(14-18)15-25(2,3)24(27-21)19-8-4-6-10-22(19)28-33(30,31)23-11-7-5-9-20(23)26/h4-14,24,27-28H,15H2,1-3H3. The van der Waals surface area contributed by atoms with Gasteiger partial charge < -0.3 is 10.1 Å². The number of rotatable bonds is 5. The number of hydrogen-bond acceptors (Lipinski definition) is 5. The lowest BCUT2D eigenvalue weighted by molar-refractivity contribution is -0.131. The largest absolute Gasteiger partial charge is 0.427 e. The van der Waals surface area contributed by atoms with Crippen LogP contribution < -0.4 is 14.8 Å². The number of halogens is 1. The van der Waals surface area contributed by atoms with Crippen molar-refractivity contribution in [1.29, 1.82) is 0 Å². The zero-order chi connectivity index (χ0) is 23.8. The smallest absolute Gasteiger partial charge is 0.308 e. The summed E-state index contributed by atoms with van der Waals surface area (Å²) in [4.78, 5) is 10.9. The van der Waals surface area contributed by atoms with E-state index in [1.165, 1.54) is 25.1 Å². The van der Waals surface area contributed by atoms with Crippen LogP contribution in [-0.2, 0) is 21.2 Å². The van der Waals surface area contributed by atoms with E-state index in [4.69, 9.17) is 4.74 Å². The maximum absolute atomic E-state index is 14.2. The molecule has 0 saturated carbocycles. The maximum atomic E-state index is 14.2. The third-order valence-corrected chi connectivity index (χ3v) is 7.11. The van der Waals surface area contributed by atoms with Crippen molar-refractivity contribution in [2.45, 2.75) is 38.1 Å². The number of hydrogen-bond donors (Lipinski definition) is 2. The van der Waals surface area contributed by atoms with Crippen LogP contribution in [0.5, 0.6) is 5.75 Å². The first kappa shape index (κ1) is 22.8. The van der Waals surface area contributed by atoms with E-state index in [0.717, 1.165) is 22.9 Å². The van der Waals surface area contributed by atoms with Crippen LogP contribution in [0.15, 0.2) is 71.6 Å². The van der Waals surface area contributed by atoms with Crippen LogP contribution in [0.3, 0.4) is 0 Å². The van der Waals surface area contributed by atoms with Crippen LogP contribution in [0.4, 0.5) is 15.8 Å². The molecule has 3 aromatic rings. The molecule has 8 heteroatoms. The molecule has 0 aromatic heterocycles. The average molecular weight is 469 g/mol. The number of esters is 1. The normalized spacial score (nSPS) is 16.9. The maximum Gasteiger partial charge on any atom is 0.308 e. The first-order chi connectivity index (χ1) is 15.6. The fourth-order valence-corrected chi connectivity index (χ4v) is 5.40. The molecule has 3 aromatic carbocycles. The highest BCUT2D eigenvalue weighted by molar-refractivity contribution is 7.92. The summed E-state index contributed by atoms with van der Waals surface area (Å²) in [6.07, 6.45) is 0.670. The number of ether oxygens (including phenoxy) is 1. The van der Waals surface area contributed by atoms with Crippen molar-refractivity contribution < 1.29 is 22.3 Å². The van der Waals surface area contributed by atoms with Gasteiger partial charge in [0.2, 0.25) is 0 Å². The van der Waals surface area contributed by atoms with E-state index < -0.39 is 20.7 Å². The third kappa shape index (κ3) is 4.71. The monoisotopic (exact) mass is 468 g/mol.